The van der Waals surface area contributed by atoms with Crippen LogP contribution >= 0.6 is 15.9 Å². The van der Waals surface area contributed by atoms with Crippen molar-refractivity contribution < 1.29 is 13.9 Å². The zero-order chi connectivity index (χ0) is 13.1. The largest absolute Gasteiger partial charge is 0.444 e. The van der Waals surface area contributed by atoms with Gasteiger partial charge in [0.15, 0.2) is 0 Å². The third-order valence-electron chi connectivity index (χ3n) is 2.67. The molecule has 5 heteroatoms. The quantitative estimate of drug-likeness (QED) is 0.694. The summed E-state index contributed by atoms with van der Waals surface area (Å²) in [6.45, 7) is 6.14. The van der Waals surface area contributed by atoms with E-state index in [4.69, 9.17) is 4.74 Å². The van der Waals surface area contributed by atoms with Gasteiger partial charge >= 0.3 is 6.09 Å². The van der Waals surface area contributed by atoms with Gasteiger partial charge in [0.2, 0.25) is 0 Å². The Morgan fingerprint density at radius 3 is 2.65 bits per heavy atom. The molecule has 0 spiro atoms. The Hall–Kier alpha value is -0.320. The van der Waals surface area contributed by atoms with E-state index in [-0.39, 0.29) is 11.9 Å². The lowest BCUT2D eigenvalue weighted by Gasteiger charge is -2.30. The zero-order valence-electron chi connectivity index (χ0n) is 10.8. The summed E-state index contributed by atoms with van der Waals surface area (Å²) in [7, 11) is 0. The molecule has 1 heterocycles. The molecule has 0 aromatic heterocycles. The molecule has 3 nitrogen and oxygen atoms in total. The Balaban J connectivity index is 2.66. The van der Waals surface area contributed by atoms with Crippen molar-refractivity contribution >= 4 is 22.0 Å². The molecule has 0 aliphatic carbocycles. The van der Waals surface area contributed by atoms with Gasteiger partial charge in [-0.1, -0.05) is 15.9 Å². The highest BCUT2D eigenvalue weighted by Crippen LogP contribution is 2.27. The molecule has 1 unspecified atom stereocenters. The van der Waals surface area contributed by atoms with Gasteiger partial charge in [-0.05, 0) is 40.0 Å². The first-order chi connectivity index (χ1) is 7.76. The number of halogens is 2. The first-order valence-corrected chi connectivity index (χ1v) is 7.11. The van der Waals surface area contributed by atoms with Crippen molar-refractivity contribution in [2.75, 3.05) is 18.4 Å². The molecular formula is C12H21BrFNO2. The van der Waals surface area contributed by atoms with Crippen LogP contribution in [0.15, 0.2) is 0 Å². The summed E-state index contributed by atoms with van der Waals surface area (Å²) >= 11 is 3.19. The second-order valence-electron chi connectivity index (χ2n) is 5.64. The Labute approximate surface area is 111 Å². The molecule has 0 saturated carbocycles. The van der Waals surface area contributed by atoms with Gasteiger partial charge < -0.3 is 9.64 Å². The van der Waals surface area contributed by atoms with Gasteiger partial charge in [-0.25, -0.2) is 9.18 Å². The van der Waals surface area contributed by atoms with Crippen molar-refractivity contribution in [2.24, 2.45) is 0 Å². The van der Waals surface area contributed by atoms with Crippen molar-refractivity contribution in [3.63, 3.8) is 0 Å². The fourth-order valence-electron chi connectivity index (χ4n) is 1.84. The molecule has 0 aromatic rings. The van der Waals surface area contributed by atoms with Gasteiger partial charge in [-0.3, -0.25) is 0 Å². The van der Waals surface area contributed by atoms with Crippen molar-refractivity contribution in [2.45, 2.75) is 51.3 Å². The third kappa shape index (κ3) is 4.82. The van der Waals surface area contributed by atoms with Gasteiger partial charge in [0.05, 0.1) is 6.54 Å². The van der Waals surface area contributed by atoms with E-state index in [1.807, 2.05) is 20.8 Å². The number of carbonyl (C=O) groups excluding carboxylic acids is 1. The number of alkyl halides is 2. The summed E-state index contributed by atoms with van der Waals surface area (Å²) in [5, 5.41) is 0.263. The molecule has 0 radical (unpaired) electrons. The molecule has 0 N–H and O–H groups in total. The lowest BCUT2D eigenvalue weighted by atomic mass is 10.0. The average Bonchev–Trinajstić information content (AvgIpc) is 2.39. The second kappa shape index (κ2) is 5.55. The van der Waals surface area contributed by atoms with E-state index in [0.29, 0.717) is 13.0 Å². The standard InChI is InChI=1S/C12H21BrFNO2/c1-11(2,3)17-10(16)15-7-5-4-6-12(14,8-13)9-15/h4-9H2,1-3H3. The van der Waals surface area contributed by atoms with Crippen molar-refractivity contribution in [3.05, 3.63) is 0 Å². The fourth-order valence-corrected chi connectivity index (χ4v) is 2.29. The van der Waals surface area contributed by atoms with Gasteiger partial charge in [0, 0.05) is 11.9 Å². The van der Waals surface area contributed by atoms with E-state index < -0.39 is 17.4 Å². The summed E-state index contributed by atoms with van der Waals surface area (Å²) in [6.07, 6.45) is 1.72. The average molecular weight is 310 g/mol. The van der Waals surface area contributed by atoms with Gasteiger partial charge in [0.1, 0.15) is 11.3 Å². The maximum atomic E-state index is 14.3. The number of carbonyl (C=O) groups is 1. The summed E-state index contributed by atoms with van der Waals surface area (Å²) in [4.78, 5) is 13.4. The summed E-state index contributed by atoms with van der Waals surface area (Å²) in [5.74, 6) is 0. The van der Waals surface area contributed by atoms with Crippen LogP contribution in [-0.4, -0.2) is 40.7 Å². The topological polar surface area (TPSA) is 29.5 Å². The van der Waals surface area contributed by atoms with E-state index >= 15 is 0 Å². The number of ether oxygens (including phenoxy) is 1. The number of hydrogen-bond donors (Lipinski definition) is 0. The second-order valence-corrected chi connectivity index (χ2v) is 6.20. The first kappa shape index (κ1) is 14.7. The van der Waals surface area contributed by atoms with Crippen LogP contribution < -0.4 is 0 Å². The van der Waals surface area contributed by atoms with Crippen molar-refractivity contribution in [1.82, 2.24) is 4.90 Å². The molecule has 1 saturated heterocycles. The van der Waals surface area contributed by atoms with E-state index in [1.54, 1.807) is 0 Å². The van der Waals surface area contributed by atoms with Crippen LogP contribution in [0, 0.1) is 0 Å². The minimum absolute atomic E-state index is 0.118. The minimum Gasteiger partial charge on any atom is -0.444 e. The molecule has 1 atom stereocenters. The Kier molecular flexibility index (Phi) is 4.81. The van der Waals surface area contributed by atoms with E-state index in [9.17, 15) is 9.18 Å². The molecule has 1 aliphatic heterocycles. The van der Waals surface area contributed by atoms with E-state index in [0.717, 1.165) is 12.8 Å². The molecule has 1 rings (SSSR count). The molecule has 0 bridgehead atoms. The first-order valence-electron chi connectivity index (χ1n) is 5.99. The van der Waals surface area contributed by atoms with Crippen LogP contribution in [0.5, 0.6) is 0 Å². The van der Waals surface area contributed by atoms with Gasteiger partial charge in [-0.15, -0.1) is 0 Å². The highest BCUT2D eigenvalue weighted by atomic mass is 79.9. The number of nitrogens with zero attached hydrogens (tertiary/aromatic N) is 1. The molecule has 17 heavy (non-hydrogen) atoms. The highest BCUT2D eigenvalue weighted by Gasteiger charge is 2.36. The molecular weight excluding hydrogens is 289 g/mol. The van der Waals surface area contributed by atoms with Crippen LogP contribution in [0.3, 0.4) is 0 Å². The van der Waals surface area contributed by atoms with Crippen LogP contribution in [0.4, 0.5) is 9.18 Å². The number of hydrogen-bond acceptors (Lipinski definition) is 2. The SMILES string of the molecule is CC(C)(C)OC(=O)N1CCCCC(F)(CBr)C1. The number of amides is 1. The molecule has 1 aliphatic rings. The van der Waals surface area contributed by atoms with E-state index in [2.05, 4.69) is 15.9 Å². The van der Waals surface area contributed by atoms with Crippen molar-refractivity contribution in [3.8, 4) is 0 Å². The Morgan fingerprint density at radius 2 is 2.12 bits per heavy atom. The van der Waals surface area contributed by atoms with Gasteiger partial charge in [-0.2, -0.15) is 0 Å². The van der Waals surface area contributed by atoms with Gasteiger partial charge in [0.25, 0.3) is 0 Å². The molecule has 1 fully saturated rings. The third-order valence-corrected chi connectivity index (χ3v) is 3.67. The Bertz CT molecular complexity index is 280. The normalized spacial score (nSPS) is 26.5. The molecule has 100 valence electrons. The van der Waals surface area contributed by atoms with Crippen molar-refractivity contribution in [1.29, 1.82) is 0 Å². The number of likely N-dealkylation sites (tertiary alicyclic amines) is 1. The predicted octanol–water partition coefficient (Wildman–Crippen LogP) is 3.51. The van der Waals surface area contributed by atoms with Crippen LogP contribution in [0.1, 0.15) is 40.0 Å². The molecule has 0 aromatic carbocycles. The van der Waals surface area contributed by atoms with Crippen LogP contribution in [-0.2, 0) is 4.74 Å². The maximum absolute atomic E-state index is 14.3. The smallest absolute Gasteiger partial charge is 0.410 e. The summed E-state index contributed by atoms with van der Waals surface area (Å²) in [5.41, 5.74) is -1.86. The van der Waals surface area contributed by atoms with E-state index in [1.165, 1.54) is 4.90 Å². The highest BCUT2D eigenvalue weighted by molar-refractivity contribution is 9.09. The monoisotopic (exact) mass is 309 g/mol. The molecule has 1 amide bonds. The fraction of sp³-hybridized carbons (Fsp3) is 0.917. The Morgan fingerprint density at radius 1 is 1.47 bits per heavy atom. The lowest BCUT2D eigenvalue weighted by molar-refractivity contribution is 0.0159. The predicted molar refractivity (Wildman–Crippen MR) is 69.3 cm³/mol. The summed E-state index contributed by atoms with van der Waals surface area (Å²) < 4.78 is 19.6. The minimum atomic E-state index is -1.33. The van der Waals surface area contributed by atoms with Crippen LogP contribution in [0.2, 0.25) is 0 Å². The van der Waals surface area contributed by atoms with Crippen LogP contribution in [0.25, 0.3) is 0 Å². The zero-order valence-corrected chi connectivity index (χ0v) is 12.3. The number of rotatable bonds is 1. The summed E-state index contributed by atoms with van der Waals surface area (Å²) in [6, 6.07) is 0. The maximum Gasteiger partial charge on any atom is 0.410 e. The lowest BCUT2D eigenvalue weighted by Crippen LogP contribution is -2.44.